The van der Waals surface area contributed by atoms with Gasteiger partial charge in [0.25, 0.3) is 0 Å². The molecule has 0 aliphatic carbocycles. The van der Waals surface area contributed by atoms with Crippen molar-refractivity contribution in [3.05, 3.63) is 170 Å². The van der Waals surface area contributed by atoms with Gasteiger partial charge in [-0.3, -0.25) is 38.4 Å². The van der Waals surface area contributed by atoms with Crippen molar-refractivity contribution in [2.24, 2.45) is 11.3 Å². The molecule has 3 atom stereocenters. The van der Waals surface area contributed by atoms with Crippen LogP contribution in [0.2, 0.25) is 35.5 Å². The minimum absolute atomic E-state index is 0.0801. The molecule has 5 heterocycles. The van der Waals surface area contributed by atoms with Crippen molar-refractivity contribution in [1.82, 2.24) is 0 Å². The van der Waals surface area contributed by atoms with E-state index in [2.05, 4.69) is 63.6 Å². The normalized spacial score (nSPS) is 12.0. The average molecular weight is 1490 g/mol. The van der Waals surface area contributed by atoms with Crippen molar-refractivity contribution in [2.45, 2.75) is 70.7 Å². The van der Waals surface area contributed by atoms with Crippen molar-refractivity contribution >= 4 is 159 Å². The Bertz CT molecular complexity index is 3870. The van der Waals surface area contributed by atoms with Crippen LogP contribution in [0.3, 0.4) is 0 Å². The molecular formula is C64H63Cl4F2NO19S4Si. The number of carbonyl (C=O) groups is 10. The number of methoxy groups -OCH3 is 6. The second-order valence-corrected chi connectivity index (χ2v) is 32.4. The zero-order valence-corrected chi connectivity index (χ0v) is 59.9. The summed E-state index contributed by atoms with van der Waals surface area (Å²) in [6.45, 7) is 10.8. The minimum atomic E-state index is -2.14. The molecule has 508 valence electrons. The number of carboxylic acids is 1. The third-order valence-electron chi connectivity index (χ3n) is 13.3. The first kappa shape index (κ1) is 81.5. The molecule has 20 nitrogen and oxygen atoms in total. The molecular weight excluding hydrogens is 1420 g/mol. The van der Waals surface area contributed by atoms with Gasteiger partial charge in [0.1, 0.15) is 34.5 Å². The van der Waals surface area contributed by atoms with Crippen LogP contribution < -0.4 is 0 Å². The lowest BCUT2D eigenvalue weighted by atomic mass is 9.74. The second-order valence-electron chi connectivity index (χ2n) is 20.7. The van der Waals surface area contributed by atoms with E-state index in [1.807, 2.05) is 6.07 Å². The van der Waals surface area contributed by atoms with Gasteiger partial charge in [0.2, 0.25) is 0 Å². The Morgan fingerprint density at radius 1 is 0.632 bits per heavy atom. The highest BCUT2D eigenvalue weighted by atomic mass is 35.5. The number of nitrogens with zero attached hydrogens (tertiary/aromatic N) is 1. The van der Waals surface area contributed by atoms with Crippen LogP contribution in [0, 0.1) is 34.3 Å². The van der Waals surface area contributed by atoms with E-state index in [1.165, 1.54) is 86.5 Å². The maximum Gasteiger partial charge on any atom is 0.330 e. The lowest BCUT2D eigenvalue weighted by molar-refractivity contribution is -0.156. The fourth-order valence-corrected chi connectivity index (χ4v) is 12.9. The molecule has 31 heteroatoms. The number of nitriles is 1. The van der Waals surface area contributed by atoms with Gasteiger partial charge in [0, 0.05) is 40.1 Å². The third-order valence-corrected chi connectivity index (χ3v) is 22.8. The summed E-state index contributed by atoms with van der Waals surface area (Å²) in [6, 6.07) is 27.4. The average Bonchev–Trinajstić information content (AvgIpc) is 1.77. The molecule has 1 N–H and O–H groups in total. The summed E-state index contributed by atoms with van der Waals surface area (Å²) < 4.78 is 66.8. The number of ketones is 3. The van der Waals surface area contributed by atoms with Crippen molar-refractivity contribution in [3.63, 3.8) is 0 Å². The molecule has 0 saturated carbocycles. The van der Waals surface area contributed by atoms with Crippen molar-refractivity contribution in [2.75, 3.05) is 42.7 Å². The molecule has 0 spiro atoms. The molecule has 7 aromatic rings. The number of ether oxygens (including phenoxy) is 6. The van der Waals surface area contributed by atoms with Gasteiger partial charge in [-0.15, -0.1) is 45.3 Å². The highest BCUT2D eigenvalue weighted by Gasteiger charge is 2.51. The number of hydrogen-bond acceptors (Lipinski definition) is 23. The smallest absolute Gasteiger partial charge is 0.330 e. The van der Waals surface area contributed by atoms with E-state index < -0.39 is 104 Å². The van der Waals surface area contributed by atoms with E-state index in [1.54, 1.807) is 42.5 Å². The first-order valence-electron chi connectivity index (χ1n) is 27.3. The standard InChI is InChI=1S/C19H16ClFO6S.C16H10ClFO3S.C12H18ClNOSSi.C11H11ClO5S.C6H8O4/c1-26-16(23)10-19(18(25)27-2,17(24)14-7-8-15(20)28-14)9-13(22)11-3-5-12(21)6-4-11;17-14-6-5-13(22-14)16-10(8-15(19)20)7-12(21-16)9-1-3-11(18)4-2-9;1-12(2,3)17(4,5)15-9(8-14)10-6-7-11(13)16-10;1-16-9(13)5-6(11(15)17-2)10(14)7-3-4-8(12)18-7;1-9-5(7)3-4-6(8)10-2/h3-8H,9-10H2,1-2H3;1-7H,8H2,(H,19,20);6-7,9H,1-5H3;3-4,6H,5H2,1-2H3;3-4H,1-2H3/b;;;;4-3-. The largest absolute Gasteiger partial charge is 0.481 e. The van der Waals surface area contributed by atoms with Crippen LogP contribution in [0.5, 0.6) is 0 Å². The number of Topliss-reactive ketones (excluding diaryl/α,β-unsaturated/α-hetero) is 3. The molecule has 0 fully saturated rings. The van der Waals surface area contributed by atoms with E-state index in [-0.39, 0.29) is 34.1 Å². The van der Waals surface area contributed by atoms with Crippen LogP contribution in [-0.2, 0) is 72.8 Å². The van der Waals surface area contributed by atoms with Crippen LogP contribution in [0.4, 0.5) is 8.78 Å². The Hall–Kier alpha value is -7.75. The van der Waals surface area contributed by atoms with Crippen LogP contribution >= 0.6 is 91.8 Å². The van der Waals surface area contributed by atoms with Gasteiger partial charge in [0.15, 0.2) is 31.8 Å². The van der Waals surface area contributed by atoms with Crippen LogP contribution in [0.15, 0.2) is 120 Å². The van der Waals surface area contributed by atoms with Crippen molar-refractivity contribution in [3.8, 4) is 28.0 Å². The zero-order valence-electron chi connectivity index (χ0n) is 52.6. The summed E-state index contributed by atoms with van der Waals surface area (Å²) in [5.74, 6) is -8.46. The SMILES string of the molecule is CC(C)(C)[Si](C)(C)OC(C#N)c1ccc(Cl)s1.COC(=O)/C=C\C(=O)OC.COC(=O)CC(C(=O)OC)C(=O)c1ccc(Cl)s1.COC(=O)CC(CC(=O)c1ccc(F)cc1)(C(=O)OC)C(=O)c1ccc(Cl)s1.O=C(O)Cc1cc(-c2ccc(F)cc2)oc1-c1ccc(Cl)s1. The first-order valence-corrected chi connectivity index (χ1v) is 35.0. The van der Waals surface area contributed by atoms with E-state index in [0.29, 0.717) is 44.9 Å². The number of esters is 6. The Balaban J connectivity index is 0.000000320. The number of carboxylic acid groups (broad SMARTS) is 1. The summed E-state index contributed by atoms with van der Waals surface area (Å²) in [7, 11) is 5.01. The molecule has 5 aromatic heterocycles. The molecule has 95 heavy (non-hydrogen) atoms. The number of hydrogen-bond donors (Lipinski definition) is 1. The summed E-state index contributed by atoms with van der Waals surface area (Å²) in [4.78, 5) is 119. The van der Waals surface area contributed by atoms with Crippen LogP contribution in [0.1, 0.15) is 86.3 Å². The highest BCUT2D eigenvalue weighted by molar-refractivity contribution is 7.19. The van der Waals surface area contributed by atoms with E-state index >= 15 is 0 Å². The molecule has 2 aromatic carbocycles. The van der Waals surface area contributed by atoms with Crippen molar-refractivity contribution < 1.29 is 99.1 Å². The quantitative estimate of drug-likeness (QED) is 0.0165. The lowest BCUT2D eigenvalue weighted by Gasteiger charge is -2.37. The predicted molar refractivity (Wildman–Crippen MR) is 359 cm³/mol. The molecule has 3 unspecified atom stereocenters. The Labute approximate surface area is 582 Å². The zero-order chi connectivity index (χ0) is 71.5. The third kappa shape index (κ3) is 25.4. The van der Waals surface area contributed by atoms with Gasteiger partial charge in [-0.1, -0.05) is 67.2 Å². The molecule has 0 amide bonds. The van der Waals surface area contributed by atoms with Crippen LogP contribution in [0.25, 0.3) is 22.0 Å². The fraction of sp³-hybridized carbons (Fsp3) is 0.297. The molecule has 0 aliphatic heterocycles. The molecule has 0 aliphatic rings. The van der Waals surface area contributed by atoms with E-state index in [0.717, 1.165) is 78.0 Å². The Kier molecular flexibility index (Phi) is 33.2. The number of carbonyl (C=O) groups excluding carboxylic acids is 9. The minimum Gasteiger partial charge on any atom is -0.481 e. The number of benzene rings is 2. The number of furan rings is 1. The summed E-state index contributed by atoms with van der Waals surface area (Å²) >= 11 is 28.1. The highest BCUT2D eigenvalue weighted by Crippen LogP contribution is 2.42. The predicted octanol–water partition coefficient (Wildman–Crippen LogP) is 15.6. The number of aliphatic carboxylic acids is 1. The topological polar surface area (TPSA) is 292 Å². The Morgan fingerprint density at radius 3 is 1.57 bits per heavy atom. The molecule has 7 rings (SSSR count). The Morgan fingerprint density at radius 2 is 1.14 bits per heavy atom. The number of thiophene rings is 4. The number of halogens is 6. The summed E-state index contributed by atoms with van der Waals surface area (Å²) in [6.07, 6.45) is -0.370. The van der Waals surface area contributed by atoms with Gasteiger partial charge in [-0.05, 0) is 121 Å². The van der Waals surface area contributed by atoms with Crippen LogP contribution in [-0.4, -0.2) is 115 Å². The first-order chi connectivity index (χ1) is 44.6. The fourth-order valence-electron chi connectivity index (χ4n) is 7.44. The summed E-state index contributed by atoms with van der Waals surface area (Å²) in [5, 5.41) is 18.4. The van der Waals surface area contributed by atoms with Crippen molar-refractivity contribution in [1.29, 1.82) is 5.26 Å². The van der Waals surface area contributed by atoms with Gasteiger partial charge in [-0.2, -0.15) is 5.26 Å². The van der Waals surface area contributed by atoms with Gasteiger partial charge >= 0.3 is 41.8 Å². The van der Waals surface area contributed by atoms with E-state index in [4.69, 9.17) is 65.1 Å². The van der Waals surface area contributed by atoms with E-state index in [9.17, 15) is 62.0 Å². The lowest BCUT2D eigenvalue weighted by Crippen LogP contribution is -2.44. The maximum absolute atomic E-state index is 13.2. The van der Waals surface area contributed by atoms with Gasteiger partial charge < -0.3 is 42.4 Å². The monoisotopic (exact) mass is 1480 g/mol. The maximum atomic E-state index is 13.2. The number of rotatable bonds is 22. The van der Waals surface area contributed by atoms with Gasteiger partial charge in [0.05, 0.1) is 100.0 Å². The summed E-state index contributed by atoms with van der Waals surface area (Å²) in [5.41, 5.74) is -0.814. The van der Waals surface area contributed by atoms with Gasteiger partial charge in [-0.25, -0.2) is 18.4 Å². The molecule has 0 radical (unpaired) electrons. The molecule has 0 saturated heterocycles. The second kappa shape index (κ2) is 38.7. The molecule has 0 bridgehead atoms.